The largest absolute Gasteiger partial charge is 0.356 e. The number of piperidine rings is 1. The Morgan fingerprint density at radius 2 is 2.33 bits per heavy atom. The van der Waals surface area contributed by atoms with E-state index >= 15 is 0 Å². The summed E-state index contributed by atoms with van der Waals surface area (Å²) >= 11 is 0. The Kier molecular flexibility index (Phi) is 4.79. The number of allylic oxidation sites excluding steroid dienone is 1. The van der Waals surface area contributed by atoms with Gasteiger partial charge in [0.1, 0.15) is 0 Å². The van der Waals surface area contributed by atoms with Gasteiger partial charge in [-0.3, -0.25) is 9.59 Å². The smallest absolute Gasteiger partial charge is 0.223 e. The standard InChI is InChI=1S/C14H22N2O2/c17-13-10-12(7-9-15-13)14(18)16-8-6-11-4-2-1-3-5-11/h4,12H,1-3,5-10H2,(H,15,17)(H,16,18). The van der Waals surface area contributed by atoms with Crippen molar-refractivity contribution in [3.8, 4) is 0 Å². The molecular weight excluding hydrogens is 228 g/mol. The lowest BCUT2D eigenvalue weighted by molar-refractivity contribution is -0.132. The van der Waals surface area contributed by atoms with E-state index in [2.05, 4.69) is 16.7 Å². The lowest BCUT2D eigenvalue weighted by Gasteiger charge is -2.21. The Bertz CT molecular complexity index is 350. The molecule has 0 saturated carbocycles. The Labute approximate surface area is 108 Å². The lowest BCUT2D eigenvalue weighted by atomic mass is 9.95. The maximum absolute atomic E-state index is 11.9. The van der Waals surface area contributed by atoms with Crippen molar-refractivity contribution in [1.82, 2.24) is 10.6 Å². The van der Waals surface area contributed by atoms with Crippen LogP contribution in [0.25, 0.3) is 0 Å². The van der Waals surface area contributed by atoms with E-state index in [-0.39, 0.29) is 17.7 Å². The molecule has 1 fully saturated rings. The zero-order valence-electron chi connectivity index (χ0n) is 10.8. The molecule has 100 valence electrons. The number of hydrogen-bond acceptors (Lipinski definition) is 2. The molecule has 1 heterocycles. The average Bonchev–Trinajstić information content (AvgIpc) is 2.40. The van der Waals surface area contributed by atoms with Gasteiger partial charge in [0.15, 0.2) is 0 Å². The molecule has 1 unspecified atom stereocenters. The number of amides is 2. The van der Waals surface area contributed by atoms with Crippen molar-refractivity contribution in [2.24, 2.45) is 5.92 Å². The lowest BCUT2D eigenvalue weighted by Crippen LogP contribution is -2.41. The summed E-state index contributed by atoms with van der Waals surface area (Å²) in [4.78, 5) is 23.1. The molecule has 2 N–H and O–H groups in total. The topological polar surface area (TPSA) is 58.2 Å². The number of carbonyl (C=O) groups excluding carboxylic acids is 2. The summed E-state index contributed by atoms with van der Waals surface area (Å²) in [6, 6.07) is 0. The van der Waals surface area contributed by atoms with E-state index in [0.29, 0.717) is 19.5 Å². The van der Waals surface area contributed by atoms with Gasteiger partial charge in [-0.05, 0) is 38.5 Å². The second-order valence-corrected chi connectivity index (χ2v) is 5.19. The Balaban J connectivity index is 1.68. The first-order valence-electron chi connectivity index (χ1n) is 6.98. The van der Waals surface area contributed by atoms with Crippen LogP contribution in [0.1, 0.15) is 44.9 Å². The quantitative estimate of drug-likeness (QED) is 0.743. The minimum atomic E-state index is -0.126. The molecule has 1 atom stereocenters. The van der Waals surface area contributed by atoms with Crippen LogP contribution in [-0.4, -0.2) is 24.9 Å². The van der Waals surface area contributed by atoms with E-state index < -0.39 is 0 Å². The fourth-order valence-electron chi connectivity index (χ4n) is 2.63. The highest BCUT2D eigenvalue weighted by atomic mass is 16.2. The van der Waals surface area contributed by atoms with E-state index in [9.17, 15) is 9.59 Å². The minimum absolute atomic E-state index is 0.00334. The van der Waals surface area contributed by atoms with Gasteiger partial charge in [0, 0.05) is 25.4 Å². The van der Waals surface area contributed by atoms with Crippen molar-refractivity contribution in [1.29, 1.82) is 0 Å². The molecule has 1 aliphatic heterocycles. The number of nitrogens with one attached hydrogen (secondary N) is 2. The van der Waals surface area contributed by atoms with Crippen LogP contribution in [0.5, 0.6) is 0 Å². The Hall–Kier alpha value is -1.32. The summed E-state index contributed by atoms with van der Waals surface area (Å²) < 4.78 is 0. The molecule has 0 aromatic heterocycles. The van der Waals surface area contributed by atoms with Gasteiger partial charge in [-0.25, -0.2) is 0 Å². The Morgan fingerprint density at radius 3 is 3.06 bits per heavy atom. The predicted octanol–water partition coefficient (Wildman–Crippen LogP) is 1.52. The van der Waals surface area contributed by atoms with Crippen LogP contribution in [0.3, 0.4) is 0 Å². The first-order chi connectivity index (χ1) is 8.75. The molecule has 2 rings (SSSR count). The molecule has 0 bridgehead atoms. The van der Waals surface area contributed by atoms with Gasteiger partial charge in [-0.2, -0.15) is 0 Å². The summed E-state index contributed by atoms with van der Waals surface area (Å²) in [5, 5.41) is 5.71. The van der Waals surface area contributed by atoms with Gasteiger partial charge in [0.2, 0.25) is 11.8 Å². The molecule has 4 nitrogen and oxygen atoms in total. The zero-order valence-corrected chi connectivity index (χ0v) is 10.8. The maximum Gasteiger partial charge on any atom is 0.223 e. The second kappa shape index (κ2) is 6.57. The number of carbonyl (C=O) groups is 2. The van der Waals surface area contributed by atoms with Crippen molar-refractivity contribution < 1.29 is 9.59 Å². The molecule has 18 heavy (non-hydrogen) atoms. The zero-order chi connectivity index (χ0) is 12.8. The highest BCUT2D eigenvalue weighted by Gasteiger charge is 2.24. The number of rotatable bonds is 4. The van der Waals surface area contributed by atoms with Crippen molar-refractivity contribution in [2.75, 3.05) is 13.1 Å². The van der Waals surface area contributed by atoms with Crippen molar-refractivity contribution in [2.45, 2.75) is 44.9 Å². The van der Waals surface area contributed by atoms with Crippen molar-refractivity contribution in [3.05, 3.63) is 11.6 Å². The van der Waals surface area contributed by atoms with Crippen molar-refractivity contribution >= 4 is 11.8 Å². The summed E-state index contributed by atoms with van der Waals surface area (Å²) in [5.41, 5.74) is 1.47. The summed E-state index contributed by atoms with van der Waals surface area (Å²) in [6.07, 6.45) is 9.33. The molecule has 2 aliphatic rings. The van der Waals surface area contributed by atoms with Crippen LogP contribution in [-0.2, 0) is 9.59 Å². The van der Waals surface area contributed by atoms with Gasteiger partial charge >= 0.3 is 0 Å². The van der Waals surface area contributed by atoms with E-state index in [1.807, 2.05) is 0 Å². The third-order valence-corrected chi connectivity index (χ3v) is 3.75. The van der Waals surface area contributed by atoms with Gasteiger partial charge in [0.25, 0.3) is 0 Å². The Morgan fingerprint density at radius 1 is 1.44 bits per heavy atom. The van der Waals surface area contributed by atoms with Crippen LogP contribution in [0, 0.1) is 5.92 Å². The van der Waals surface area contributed by atoms with Crippen LogP contribution in [0.15, 0.2) is 11.6 Å². The van der Waals surface area contributed by atoms with Crippen molar-refractivity contribution in [3.63, 3.8) is 0 Å². The normalized spacial score (nSPS) is 24.1. The minimum Gasteiger partial charge on any atom is -0.356 e. The first kappa shape index (κ1) is 13.1. The SMILES string of the molecule is O=C1CC(C(=O)NCCC2=CCCCC2)CCN1. The van der Waals surface area contributed by atoms with E-state index in [0.717, 1.165) is 12.8 Å². The van der Waals surface area contributed by atoms with Crippen LogP contribution in [0.4, 0.5) is 0 Å². The molecule has 4 heteroatoms. The van der Waals surface area contributed by atoms with E-state index in [1.54, 1.807) is 0 Å². The molecule has 1 saturated heterocycles. The second-order valence-electron chi connectivity index (χ2n) is 5.19. The molecular formula is C14H22N2O2. The summed E-state index contributed by atoms with van der Waals surface area (Å²) in [6.45, 7) is 1.34. The monoisotopic (exact) mass is 250 g/mol. The molecule has 1 aliphatic carbocycles. The molecule has 2 amide bonds. The molecule has 0 spiro atoms. The van der Waals surface area contributed by atoms with E-state index in [4.69, 9.17) is 0 Å². The summed E-state index contributed by atoms with van der Waals surface area (Å²) in [7, 11) is 0. The fraction of sp³-hybridized carbons (Fsp3) is 0.714. The number of hydrogen-bond donors (Lipinski definition) is 2. The third kappa shape index (κ3) is 3.86. The predicted molar refractivity (Wildman–Crippen MR) is 69.9 cm³/mol. The molecule has 0 aromatic rings. The van der Waals surface area contributed by atoms with Crippen LogP contribution >= 0.6 is 0 Å². The molecule has 0 aromatic carbocycles. The van der Waals surface area contributed by atoms with Crippen LogP contribution < -0.4 is 10.6 Å². The third-order valence-electron chi connectivity index (χ3n) is 3.75. The molecule has 0 radical (unpaired) electrons. The first-order valence-corrected chi connectivity index (χ1v) is 6.98. The van der Waals surface area contributed by atoms with Gasteiger partial charge in [-0.15, -0.1) is 0 Å². The highest BCUT2D eigenvalue weighted by Crippen LogP contribution is 2.19. The van der Waals surface area contributed by atoms with Gasteiger partial charge < -0.3 is 10.6 Å². The van der Waals surface area contributed by atoms with Crippen LogP contribution in [0.2, 0.25) is 0 Å². The fourth-order valence-corrected chi connectivity index (χ4v) is 2.63. The summed E-state index contributed by atoms with van der Waals surface area (Å²) in [5.74, 6) is -0.0864. The maximum atomic E-state index is 11.9. The average molecular weight is 250 g/mol. The van der Waals surface area contributed by atoms with E-state index in [1.165, 1.54) is 31.3 Å². The van der Waals surface area contributed by atoms with Gasteiger partial charge in [0.05, 0.1) is 0 Å². The van der Waals surface area contributed by atoms with Gasteiger partial charge in [-0.1, -0.05) is 11.6 Å². The highest BCUT2D eigenvalue weighted by molar-refractivity contribution is 5.86.